The van der Waals surface area contributed by atoms with Crippen LogP contribution in [0.2, 0.25) is 0 Å². The van der Waals surface area contributed by atoms with Gasteiger partial charge in [-0.2, -0.15) is 0 Å². The Labute approximate surface area is 201 Å². The highest BCUT2D eigenvalue weighted by Crippen LogP contribution is 2.38. The number of benzene rings is 2. The molecule has 0 N–H and O–H groups in total. The first-order chi connectivity index (χ1) is 16.5. The first-order valence-electron chi connectivity index (χ1n) is 12.9. The van der Waals surface area contributed by atoms with Crippen LogP contribution in [0.5, 0.6) is 0 Å². The molecule has 0 aliphatic heterocycles. The predicted octanol–water partition coefficient (Wildman–Crippen LogP) is 8.18. The van der Waals surface area contributed by atoms with Crippen LogP contribution in [0.3, 0.4) is 0 Å². The second-order valence-electron chi connectivity index (χ2n) is 10.2. The minimum Gasteiger partial charge on any atom is -0.377 e. The van der Waals surface area contributed by atoms with Gasteiger partial charge in [0.05, 0.1) is 19.3 Å². The Bertz CT molecular complexity index is 945. The largest absolute Gasteiger partial charge is 0.377 e. The first-order valence-corrected chi connectivity index (χ1v) is 12.9. The van der Waals surface area contributed by atoms with Gasteiger partial charge in [0.25, 0.3) is 0 Å². The van der Waals surface area contributed by atoms with Crippen molar-refractivity contribution in [2.45, 2.75) is 96.4 Å². The van der Waals surface area contributed by atoms with E-state index < -0.39 is 11.6 Å². The molecule has 5 heteroatoms. The Balaban J connectivity index is 1.29. The molecule has 4 rings (SSSR count). The van der Waals surface area contributed by atoms with Crippen molar-refractivity contribution in [3.63, 3.8) is 0 Å². The van der Waals surface area contributed by atoms with E-state index in [9.17, 15) is 13.2 Å². The van der Waals surface area contributed by atoms with Gasteiger partial charge in [0.1, 0.15) is 5.82 Å². The molecule has 2 fully saturated rings. The molecular weight excluding hydrogens is 437 g/mol. The molecule has 2 aliphatic rings. The van der Waals surface area contributed by atoms with Crippen molar-refractivity contribution in [1.82, 2.24) is 0 Å². The zero-order valence-corrected chi connectivity index (χ0v) is 20.4. The predicted molar refractivity (Wildman–Crippen MR) is 128 cm³/mol. The van der Waals surface area contributed by atoms with Crippen molar-refractivity contribution < 1.29 is 22.6 Å². The zero-order chi connectivity index (χ0) is 24.1. The molecule has 0 unspecified atom stereocenters. The number of rotatable bonds is 8. The van der Waals surface area contributed by atoms with E-state index in [4.69, 9.17) is 9.47 Å². The van der Waals surface area contributed by atoms with Crippen molar-refractivity contribution >= 4 is 0 Å². The molecule has 2 aliphatic carbocycles. The van der Waals surface area contributed by atoms with Gasteiger partial charge in [0.2, 0.25) is 0 Å². The van der Waals surface area contributed by atoms with Gasteiger partial charge in [-0.25, -0.2) is 13.2 Å². The fraction of sp³-hybridized carbons (Fsp3) is 0.586. The molecule has 0 bridgehead atoms. The van der Waals surface area contributed by atoms with Crippen molar-refractivity contribution in [1.29, 1.82) is 0 Å². The molecule has 0 saturated heterocycles. The lowest BCUT2D eigenvalue weighted by Gasteiger charge is -2.29. The van der Waals surface area contributed by atoms with Crippen LogP contribution >= 0.6 is 0 Å². The van der Waals surface area contributed by atoms with Crippen LogP contribution < -0.4 is 0 Å². The molecule has 0 radical (unpaired) electrons. The first kappa shape index (κ1) is 25.2. The normalized spacial score (nSPS) is 25.4. The van der Waals surface area contributed by atoms with Gasteiger partial charge in [-0.3, -0.25) is 0 Å². The third-order valence-electron chi connectivity index (χ3n) is 7.81. The highest BCUT2D eigenvalue weighted by molar-refractivity contribution is 5.29. The van der Waals surface area contributed by atoms with Crippen LogP contribution in [-0.4, -0.2) is 12.7 Å². The van der Waals surface area contributed by atoms with E-state index in [0.29, 0.717) is 41.7 Å². The Hall–Kier alpha value is -1.85. The molecule has 0 heterocycles. The quantitative estimate of drug-likeness (QED) is 0.384. The molecular formula is C29H37F3O2. The second kappa shape index (κ2) is 11.7. The maximum atomic E-state index is 14.8. The van der Waals surface area contributed by atoms with E-state index in [1.807, 2.05) is 19.1 Å². The van der Waals surface area contributed by atoms with Crippen LogP contribution in [0.4, 0.5) is 13.2 Å². The zero-order valence-electron chi connectivity index (χ0n) is 20.4. The topological polar surface area (TPSA) is 18.5 Å². The molecule has 0 amide bonds. The SMILES string of the molecule is CCOCc1ccc(C2CCC(OCc3ccc(C4CCC(C)CC4)c(F)c3F)CC2)cc1F. The average Bonchev–Trinajstić information content (AvgIpc) is 2.85. The lowest BCUT2D eigenvalue weighted by atomic mass is 9.79. The van der Waals surface area contributed by atoms with E-state index >= 15 is 0 Å². The van der Waals surface area contributed by atoms with Crippen LogP contribution in [-0.2, 0) is 22.7 Å². The number of ether oxygens (including phenoxy) is 2. The molecule has 2 aromatic rings. The average molecular weight is 475 g/mol. The smallest absolute Gasteiger partial charge is 0.164 e. The Kier molecular flexibility index (Phi) is 8.70. The second-order valence-corrected chi connectivity index (χ2v) is 10.2. The minimum atomic E-state index is -0.757. The molecule has 0 spiro atoms. The number of hydrogen-bond donors (Lipinski definition) is 0. The summed E-state index contributed by atoms with van der Waals surface area (Å²) in [5.41, 5.74) is 2.41. The highest BCUT2D eigenvalue weighted by Gasteiger charge is 2.26. The molecule has 186 valence electrons. The van der Waals surface area contributed by atoms with Crippen LogP contribution in [0.25, 0.3) is 0 Å². The summed E-state index contributed by atoms with van der Waals surface area (Å²) in [6, 6.07) is 8.91. The van der Waals surface area contributed by atoms with Crippen LogP contribution in [0, 0.1) is 23.4 Å². The fourth-order valence-electron chi connectivity index (χ4n) is 5.52. The van der Waals surface area contributed by atoms with Gasteiger partial charge in [-0.05, 0) is 80.4 Å². The van der Waals surface area contributed by atoms with Crippen molar-refractivity contribution in [3.05, 3.63) is 70.0 Å². The molecule has 2 saturated carbocycles. The number of hydrogen-bond acceptors (Lipinski definition) is 2. The highest BCUT2D eigenvalue weighted by atomic mass is 19.2. The van der Waals surface area contributed by atoms with Gasteiger partial charge in [0, 0.05) is 17.7 Å². The summed E-state index contributed by atoms with van der Waals surface area (Å²) in [7, 11) is 0. The lowest BCUT2D eigenvalue weighted by molar-refractivity contribution is 0.0118. The molecule has 34 heavy (non-hydrogen) atoms. The number of halogens is 3. The molecule has 0 atom stereocenters. The minimum absolute atomic E-state index is 0.0142. The standard InChI is InChI=1S/C29H37F3O2/c1-3-33-17-23-9-8-22(16-27(23)30)20-10-13-25(14-11-20)34-18-24-12-15-26(29(32)28(24)31)21-6-4-19(2)5-7-21/h8-9,12,15-16,19-21,25H,3-7,10-11,13-14,17-18H2,1-2H3. The molecule has 2 aromatic carbocycles. The van der Waals surface area contributed by atoms with Crippen LogP contribution in [0.1, 0.15) is 99.3 Å². The summed E-state index contributed by atoms with van der Waals surface area (Å²) in [6.45, 7) is 5.05. The molecule has 2 nitrogen and oxygen atoms in total. The Morgan fingerprint density at radius 1 is 0.765 bits per heavy atom. The summed E-state index contributed by atoms with van der Waals surface area (Å²) in [4.78, 5) is 0. The summed E-state index contributed by atoms with van der Waals surface area (Å²) in [5, 5.41) is 0. The summed E-state index contributed by atoms with van der Waals surface area (Å²) >= 11 is 0. The van der Waals surface area contributed by atoms with E-state index in [1.54, 1.807) is 18.2 Å². The van der Waals surface area contributed by atoms with Crippen molar-refractivity contribution in [2.24, 2.45) is 5.92 Å². The van der Waals surface area contributed by atoms with Gasteiger partial charge < -0.3 is 9.47 Å². The fourth-order valence-corrected chi connectivity index (χ4v) is 5.52. The van der Waals surface area contributed by atoms with E-state index in [0.717, 1.165) is 56.9 Å². The third-order valence-corrected chi connectivity index (χ3v) is 7.81. The summed E-state index contributed by atoms with van der Waals surface area (Å²) < 4.78 is 55.3. The van der Waals surface area contributed by atoms with Crippen molar-refractivity contribution in [2.75, 3.05) is 6.61 Å². The lowest BCUT2D eigenvalue weighted by Crippen LogP contribution is -2.21. The van der Waals surface area contributed by atoms with Gasteiger partial charge >= 0.3 is 0 Å². The summed E-state index contributed by atoms with van der Waals surface area (Å²) in [6.07, 6.45) is 7.46. The monoisotopic (exact) mass is 474 g/mol. The van der Waals surface area contributed by atoms with E-state index in [1.165, 1.54) is 0 Å². The van der Waals surface area contributed by atoms with Gasteiger partial charge in [-0.15, -0.1) is 0 Å². The van der Waals surface area contributed by atoms with E-state index in [-0.39, 0.29) is 24.4 Å². The van der Waals surface area contributed by atoms with Crippen LogP contribution in [0.15, 0.2) is 30.3 Å². The Morgan fingerprint density at radius 2 is 1.44 bits per heavy atom. The maximum Gasteiger partial charge on any atom is 0.164 e. The third kappa shape index (κ3) is 6.04. The molecule has 0 aromatic heterocycles. The van der Waals surface area contributed by atoms with Crippen molar-refractivity contribution in [3.8, 4) is 0 Å². The van der Waals surface area contributed by atoms with E-state index in [2.05, 4.69) is 6.92 Å². The Morgan fingerprint density at radius 3 is 2.12 bits per heavy atom. The van der Waals surface area contributed by atoms with Gasteiger partial charge in [-0.1, -0.05) is 44.0 Å². The summed E-state index contributed by atoms with van der Waals surface area (Å²) in [5.74, 6) is -0.582. The van der Waals surface area contributed by atoms with Gasteiger partial charge in [0.15, 0.2) is 11.6 Å². The maximum absolute atomic E-state index is 14.8.